The van der Waals surface area contributed by atoms with Gasteiger partial charge in [-0.05, 0) is 44.0 Å². The average molecular weight is 529 g/mol. The molecule has 1 aromatic heterocycles. The highest BCUT2D eigenvalue weighted by molar-refractivity contribution is 7.09. The number of piperidine rings is 1. The predicted molar refractivity (Wildman–Crippen MR) is 150 cm³/mol. The van der Waals surface area contributed by atoms with Gasteiger partial charge in [0.25, 0.3) is 11.8 Å². The van der Waals surface area contributed by atoms with Crippen molar-refractivity contribution in [3.05, 3.63) is 76.2 Å². The number of hydrogen-bond donors (Lipinski definition) is 0. The van der Waals surface area contributed by atoms with Crippen molar-refractivity contribution < 1.29 is 14.3 Å². The van der Waals surface area contributed by atoms with Crippen LogP contribution in [0.4, 0.5) is 5.69 Å². The summed E-state index contributed by atoms with van der Waals surface area (Å²) < 4.78 is 5.79. The Morgan fingerprint density at radius 2 is 1.66 bits per heavy atom. The summed E-state index contributed by atoms with van der Waals surface area (Å²) in [4.78, 5) is 36.4. The number of amides is 2. The average Bonchev–Trinajstić information content (AvgIpc) is 3.47. The molecule has 0 N–H and O–H groups in total. The van der Waals surface area contributed by atoms with Crippen molar-refractivity contribution in [2.75, 3.05) is 50.8 Å². The fourth-order valence-corrected chi connectivity index (χ4v) is 5.90. The number of piperazine rings is 1. The Bertz CT molecular complexity index is 1310. The topological polar surface area (TPSA) is 66.0 Å². The van der Waals surface area contributed by atoms with E-state index in [9.17, 15) is 9.59 Å². The molecule has 2 aliphatic rings. The summed E-state index contributed by atoms with van der Waals surface area (Å²) in [6.45, 7) is 6.73. The van der Waals surface area contributed by atoms with Gasteiger partial charge in [-0.25, -0.2) is 4.98 Å². The summed E-state index contributed by atoms with van der Waals surface area (Å²) >= 11 is 1.55. The maximum Gasteiger partial charge on any atom is 0.298 e. The Morgan fingerprint density at radius 1 is 0.947 bits per heavy atom. The lowest BCUT2D eigenvalue weighted by atomic mass is 9.97. The minimum absolute atomic E-state index is 0.00552. The van der Waals surface area contributed by atoms with Crippen LogP contribution in [0.5, 0.6) is 5.75 Å². The first-order chi connectivity index (χ1) is 18.6. The van der Waals surface area contributed by atoms with Crippen LogP contribution in [-0.2, 0) is 4.79 Å². The Balaban J connectivity index is 1.13. The number of thiazole rings is 1. The first-order valence-corrected chi connectivity index (χ1v) is 14.1. The second kappa shape index (κ2) is 12.1. The first kappa shape index (κ1) is 25.8. The van der Waals surface area contributed by atoms with Gasteiger partial charge in [0.05, 0.1) is 17.3 Å². The first-order valence-electron chi connectivity index (χ1n) is 13.2. The van der Waals surface area contributed by atoms with Crippen LogP contribution in [0.1, 0.15) is 46.7 Å². The van der Waals surface area contributed by atoms with Gasteiger partial charge in [-0.3, -0.25) is 9.59 Å². The SMILES string of the molecule is CCOc1ccccc1N1CCN(C(=O)c2csc(C3CCN(C(=O)C#Cc4ccccc4)CC3)n2)CC1. The third-order valence-corrected chi connectivity index (χ3v) is 8.04. The molecule has 3 aromatic rings. The number of carbonyl (C=O) groups excluding carboxylic acids is 2. The van der Waals surface area contributed by atoms with E-state index in [-0.39, 0.29) is 17.7 Å². The zero-order valence-electron chi connectivity index (χ0n) is 21.6. The molecule has 196 valence electrons. The molecular weight excluding hydrogens is 496 g/mol. The molecule has 7 nitrogen and oxygen atoms in total. The Kier molecular flexibility index (Phi) is 8.25. The molecule has 2 fully saturated rings. The van der Waals surface area contributed by atoms with Crippen LogP contribution < -0.4 is 9.64 Å². The lowest BCUT2D eigenvalue weighted by molar-refractivity contribution is -0.126. The molecule has 0 saturated carbocycles. The van der Waals surface area contributed by atoms with Crippen LogP contribution in [0.3, 0.4) is 0 Å². The number of anilines is 1. The lowest BCUT2D eigenvalue weighted by Gasteiger charge is -2.36. The third kappa shape index (κ3) is 6.00. The molecule has 2 amide bonds. The number of nitrogens with zero attached hydrogens (tertiary/aromatic N) is 4. The van der Waals surface area contributed by atoms with E-state index >= 15 is 0 Å². The molecule has 2 aromatic carbocycles. The van der Waals surface area contributed by atoms with Crippen molar-refractivity contribution in [2.45, 2.75) is 25.7 Å². The van der Waals surface area contributed by atoms with E-state index in [1.54, 1.807) is 11.3 Å². The molecule has 3 heterocycles. The molecule has 0 bridgehead atoms. The number of benzene rings is 2. The van der Waals surface area contributed by atoms with Crippen LogP contribution in [0.25, 0.3) is 0 Å². The Morgan fingerprint density at radius 3 is 2.39 bits per heavy atom. The van der Waals surface area contributed by atoms with Crippen LogP contribution in [0, 0.1) is 11.8 Å². The highest BCUT2D eigenvalue weighted by Gasteiger charge is 2.28. The smallest absolute Gasteiger partial charge is 0.298 e. The molecule has 38 heavy (non-hydrogen) atoms. The number of hydrogen-bond acceptors (Lipinski definition) is 6. The van der Waals surface area contributed by atoms with Crippen molar-refractivity contribution in [2.24, 2.45) is 0 Å². The molecule has 0 radical (unpaired) electrons. The van der Waals surface area contributed by atoms with Gasteiger partial charge in [-0.2, -0.15) is 0 Å². The van der Waals surface area contributed by atoms with Crippen LogP contribution in [-0.4, -0.2) is 72.5 Å². The van der Waals surface area contributed by atoms with E-state index in [0.29, 0.717) is 38.5 Å². The van der Waals surface area contributed by atoms with Crippen molar-refractivity contribution >= 4 is 28.8 Å². The van der Waals surface area contributed by atoms with Gasteiger partial charge in [-0.1, -0.05) is 36.3 Å². The normalized spacial score (nSPS) is 16.1. The molecule has 0 aliphatic carbocycles. The van der Waals surface area contributed by atoms with Gasteiger partial charge in [-0.15, -0.1) is 11.3 Å². The van der Waals surface area contributed by atoms with Gasteiger partial charge in [0.2, 0.25) is 0 Å². The monoisotopic (exact) mass is 528 g/mol. The number of carbonyl (C=O) groups is 2. The summed E-state index contributed by atoms with van der Waals surface area (Å²) in [6, 6.07) is 17.6. The number of ether oxygens (including phenoxy) is 1. The van der Waals surface area contributed by atoms with Crippen molar-refractivity contribution in [3.63, 3.8) is 0 Å². The summed E-state index contributed by atoms with van der Waals surface area (Å²) in [7, 11) is 0. The van der Waals surface area contributed by atoms with E-state index in [4.69, 9.17) is 9.72 Å². The highest BCUT2D eigenvalue weighted by Crippen LogP contribution is 2.31. The van der Waals surface area contributed by atoms with Gasteiger partial charge in [0, 0.05) is 62.1 Å². The highest BCUT2D eigenvalue weighted by atomic mass is 32.1. The molecule has 0 unspecified atom stereocenters. The standard InChI is InChI=1S/C30H32N4O3S/c1-2-37-27-11-7-6-10-26(27)32-18-20-34(21-19-32)30(36)25-22-38-29(31-25)24-14-16-33(17-15-24)28(35)13-12-23-8-4-3-5-9-23/h3-11,22,24H,2,14-21H2,1H3. The van der Waals surface area contributed by atoms with Crippen LogP contribution in [0.2, 0.25) is 0 Å². The summed E-state index contributed by atoms with van der Waals surface area (Å²) in [5, 5.41) is 2.87. The molecule has 5 rings (SSSR count). The lowest BCUT2D eigenvalue weighted by Crippen LogP contribution is -2.49. The van der Waals surface area contributed by atoms with Gasteiger partial charge in [0.15, 0.2) is 0 Å². The largest absolute Gasteiger partial charge is 0.492 e. The summed E-state index contributed by atoms with van der Waals surface area (Å²) in [5.41, 5.74) is 2.45. The van der Waals surface area contributed by atoms with Crippen molar-refractivity contribution in [1.82, 2.24) is 14.8 Å². The maximum atomic E-state index is 13.2. The zero-order chi connectivity index (χ0) is 26.3. The molecule has 0 atom stereocenters. The Labute approximate surface area is 228 Å². The molecular formula is C30H32N4O3S. The predicted octanol–water partition coefficient (Wildman–Crippen LogP) is 4.26. The molecule has 2 saturated heterocycles. The van der Waals surface area contributed by atoms with Gasteiger partial charge < -0.3 is 19.4 Å². The number of para-hydroxylation sites is 2. The number of rotatable bonds is 5. The van der Waals surface area contributed by atoms with Crippen LogP contribution in [0.15, 0.2) is 60.0 Å². The molecule has 8 heteroatoms. The fourth-order valence-electron chi connectivity index (χ4n) is 4.94. The minimum Gasteiger partial charge on any atom is -0.492 e. The quantitative estimate of drug-likeness (QED) is 0.463. The molecule has 0 spiro atoms. The second-order valence-electron chi connectivity index (χ2n) is 9.43. The zero-order valence-corrected chi connectivity index (χ0v) is 22.5. The minimum atomic E-state index is -0.134. The fraction of sp³-hybridized carbons (Fsp3) is 0.367. The second-order valence-corrected chi connectivity index (χ2v) is 10.3. The van der Waals surface area contributed by atoms with E-state index in [2.05, 4.69) is 22.8 Å². The van der Waals surface area contributed by atoms with Crippen molar-refractivity contribution in [1.29, 1.82) is 0 Å². The Hall–Kier alpha value is -3.83. The number of likely N-dealkylation sites (tertiary alicyclic amines) is 1. The van der Waals surface area contributed by atoms with E-state index in [0.717, 1.165) is 47.9 Å². The summed E-state index contributed by atoms with van der Waals surface area (Å²) in [5.74, 6) is 6.72. The van der Waals surface area contributed by atoms with E-state index in [1.165, 1.54) is 0 Å². The van der Waals surface area contributed by atoms with E-state index in [1.807, 2.05) is 70.6 Å². The maximum absolute atomic E-state index is 13.2. The van der Waals surface area contributed by atoms with E-state index < -0.39 is 0 Å². The van der Waals surface area contributed by atoms with Gasteiger partial charge in [0.1, 0.15) is 11.4 Å². The van der Waals surface area contributed by atoms with Gasteiger partial charge >= 0.3 is 0 Å². The third-order valence-electron chi connectivity index (χ3n) is 7.03. The van der Waals surface area contributed by atoms with Crippen LogP contribution >= 0.6 is 11.3 Å². The number of aromatic nitrogens is 1. The van der Waals surface area contributed by atoms with Crippen molar-refractivity contribution in [3.8, 4) is 17.6 Å². The summed E-state index contributed by atoms with van der Waals surface area (Å²) in [6.07, 6.45) is 1.66. The molecule has 2 aliphatic heterocycles.